The lowest BCUT2D eigenvalue weighted by atomic mass is 10.0. The molecule has 0 aliphatic carbocycles. The van der Waals surface area contributed by atoms with Gasteiger partial charge in [-0.2, -0.15) is 0 Å². The topological polar surface area (TPSA) is 18.5 Å². The summed E-state index contributed by atoms with van der Waals surface area (Å²) >= 11 is 0. The number of allylic oxidation sites excluding steroid dienone is 1. The molecule has 0 heterocycles. The van der Waals surface area contributed by atoms with Crippen molar-refractivity contribution in [3.05, 3.63) is 12.7 Å². The van der Waals surface area contributed by atoms with Crippen molar-refractivity contribution in [3.63, 3.8) is 0 Å². The maximum Gasteiger partial charge on any atom is 0.167 e. The van der Waals surface area contributed by atoms with Crippen molar-refractivity contribution in [2.24, 2.45) is 0 Å². The van der Waals surface area contributed by atoms with E-state index in [1.807, 2.05) is 14.0 Å². The Morgan fingerprint density at radius 1 is 0.562 bits per heavy atom. The summed E-state index contributed by atoms with van der Waals surface area (Å²) in [4.78, 5) is 0. The maximum atomic E-state index is 6.32. The summed E-state index contributed by atoms with van der Waals surface area (Å²) in [5, 5.41) is 0. The van der Waals surface area contributed by atoms with Gasteiger partial charge in [0.2, 0.25) is 0 Å². The fourth-order valence-corrected chi connectivity index (χ4v) is 4.29. The van der Waals surface area contributed by atoms with E-state index in [0.717, 1.165) is 25.9 Å². The van der Waals surface area contributed by atoms with Crippen molar-refractivity contribution >= 4 is 0 Å². The number of methoxy groups -OCH3 is 1. The number of ether oxygens (including phenoxy) is 2. The van der Waals surface area contributed by atoms with Gasteiger partial charge in [0, 0.05) is 20.0 Å². The first-order valence-corrected chi connectivity index (χ1v) is 14.4. The molecule has 0 amide bonds. The van der Waals surface area contributed by atoms with Crippen LogP contribution in [0, 0.1) is 0 Å². The van der Waals surface area contributed by atoms with Crippen LogP contribution in [0.1, 0.15) is 163 Å². The first kappa shape index (κ1) is 33.8. The summed E-state index contributed by atoms with van der Waals surface area (Å²) in [6.45, 7) is 12.9. The highest BCUT2D eigenvalue weighted by Gasteiger charge is 2.28. The van der Waals surface area contributed by atoms with Crippen LogP contribution < -0.4 is 0 Å². The van der Waals surface area contributed by atoms with Crippen molar-refractivity contribution in [1.82, 2.24) is 0 Å². The standard InChI is InChI=1S/C27H56O2.C3H6/c1-5-8-10-12-14-15-16-17-19-21-23-26-29-27(28-4,24-7-3)25-22-20-18-13-11-9-6-2;1-3-2/h5-26H2,1-4H3;3H,1H2,2H3. The molecule has 0 aromatic carbocycles. The van der Waals surface area contributed by atoms with Crippen LogP contribution in [-0.4, -0.2) is 19.5 Å². The van der Waals surface area contributed by atoms with Crippen LogP contribution in [0.15, 0.2) is 12.7 Å². The molecule has 0 saturated carbocycles. The van der Waals surface area contributed by atoms with Crippen LogP contribution in [0.3, 0.4) is 0 Å². The van der Waals surface area contributed by atoms with E-state index in [4.69, 9.17) is 9.47 Å². The zero-order valence-electron chi connectivity index (χ0n) is 23.2. The lowest BCUT2D eigenvalue weighted by Crippen LogP contribution is -2.35. The Kier molecular flexibility index (Phi) is 30.3. The molecule has 0 aliphatic rings. The van der Waals surface area contributed by atoms with Gasteiger partial charge in [-0.05, 0) is 19.8 Å². The van der Waals surface area contributed by atoms with Crippen molar-refractivity contribution in [3.8, 4) is 0 Å². The molecule has 0 fully saturated rings. The molecular formula is C30H62O2. The van der Waals surface area contributed by atoms with Gasteiger partial charge in [0.25, 0.3) is 0 Å². The van der Waals surface area contributed by atoms with Crippen LogP contribution >= 0.6 is 0 Å². The largest absolute Gasteiger partial charge is 0.353 e. The van der Waals surface area contributed by atoms with Gasteiger partial charge in [-0.25, -0.2) is 0 Å². The van der Waals surface area contributed by atoms with Gasteiger partial charge in [-0.1, -0.05) is 136 Å². The fraction of sp³-hybridized carbons (Fsp3) is 0.933. The second-order valence-electron chi connectivity index (χ2n) is 9.53. The molecule has 0 saturated heterocycles. The Hall–Kier alpha value is -0.340. The molecule has 32 heavy (non-hydrogen) atoms. The third-order valence-corrected chi connectivity index (χ3v) is 6.28. The third kappa shape index (κ3) is 24.3. The minimum absolute atomic E-state index is 0.323. The molecule has 2 heteroatoms. The Bertz CT molecular complexity index is 342. The molecule has 1 unspecified atom stereocenters. The van der Waals surface area contributed by atoms with Crippen LogP contribution in [0.4, 0.5) is 0 Å². The van der Waals surface area contributed by atoms with Gasteiger partial charge in [0.05, 0.1) is 6.61 Å². The Morgan fingerprint density at radius 3 is 1.31 bits per heavy atom. The molecule has 0 aromatic heterocycles. The summed E-state index contributed by atoms with van der Waals surface area (Å²) in [5.74, 6) is -0.323. The highest BCUT2D eigenvalue weighted by molar-refractivity contribution is 4.70. The van der Waals surface area contributed by atoms with E-state index in [2.05, 4.69) is 27.4 Å². The van der Waals surface area contributed by atoms with E-state index in [9.17, 15) is 0 Å². The number of rotatable bonds is 24. The smallest absolute Gasteiger partial charge is 0.167 e. The molecule has 0 N–H and O–H groups in total. The van der Waals surface area contributed by atoms with Gasteiger partial charge < -0.3 is 9.47 Å². The van der Waals surface area contributed by atoms with Crippen LogP contribution in [-0.2, 0) is 9.47 Å². The van der Waals surface area contributed by atoms with Gasteiger partial charge >= 0.3 is 0 Å². The molecule has 194 valence electrons. The van der Waals surface area contributed by atoms with Gasteiger partial charge in [0.1, 0.15) is 0 Å². The molecule has 2 nitrogen and oxygen atoms in total. The molecule has 0 spiro atoms. The average Bonchev–Trinajstić information content (AvgIpc) is 2.79. The van der Waals surface area contributed by atoms with Gasteiger partial charge in [-0.3, -0.25) is 0 Å². The molecule has 1 atom stereocenters. The minimum Gasteiger partial charge on any atom is -0.353 e. The quantitative estimate of drug-likeness (QED) is 0.0820. The maximum absolute atomic E-state index is 6.32. The summed E-state index contributed by atoms with van der Waals surface area (Å²) in [6, 6.07) is 0. The Morgan fingerprint density at radius 2 is 0.938 bits per heavy atom. The predicted molar refractivity (Wildman–Crippen MR) is 146 cm³/mol. The molecular weight excluding hydrogens is 392 g/mol. The van der Waals surface area contributed by atoms with Gasteiger partial charge in [0.15, 0.2) is 5.79 Å². The number of hydrogen-bond donors (Lipinski definition) is 0. The van der Waals surface area contributed by atoms with Crippen molar-refractivity contribution in [2.75, 3.05) is 13.7 Å². The predicted octanol–water partition coefficient (Wildman–Crippen LogP) is 10.8. The molecule has 0 bridgehead atoms. The number of hydrogen-bond acceptors (Lipinski definition) is 2. The SMILES string of the molecule is C=CC.CCCCCCCCCCCCCOC(CCC)(CCCCCCCCC)OC. The summed E-state index contributed by atoms with van der Waals surface area (Å²) in [7, 11) is 1.84. The molecule has 0 radical (unpaired) electrons. The monoisotopic (exact) mass is 454 g/mol. The highest BCUT2D eigenvalue weighted by Crippen LogP contribution is 2.27. The van der Waals surface area contributed by atoms with Crippen LogP contribution in [0.25, 0.3) is 0 Å². The summed E-state index contributed by atoms with van der Waals surface area (Å²) < 4.78 is 12.2. The number of unbranched alkanes of at least 4 members (excludes halogenated alkanes) is 16. The lowest BCUT2D eigenvalue weighted by Gasteiger charge is -2.32. The zero-order chi connectivity index (χ0) is 24.2. The molecule has 0 aliphatic heterocycles. The second kappa shape index (κ2) is 28.7. The second-order valence-corrected chi connectivity index (χ2v) is 9.53. The minimum atomic E-state index is -0.323. The average molecular weight is 455 g/mol. The van der Waals surface area contributed by atoms with Gasteiger partial charge in [-0.15, -0.1) is 6.58 Å². The van der Waals surface area contributed by atoms with Crippen LogP contribution in [0.2, 0.25) is 0 Å². The van der Waals surface area contributed by atoms with Crippen molar-refractivity contribution in [1.29, 1.82) is 0 Å². The van der Waals surface area contributed by atoms with E-state index in [0.29, 0.717) is 0 Å². The highest BCUT2D eigenvalue weighted by atomic mass is 16.7. The third-order valence-electron chi connectivity index (χ3n) is 6.28. The summed E-state index contributed by atoms with van der Waals surface area (Å²) in [5.41, 5.74) is 0. The summed E-state index contributed by atoms with van der Waals surface area (Å²) in [6.07, 6.45) is 29.6. The molecule has 0 rings (SSSR count). The van der Waals surface area contributed by atoms with E-state index >= 15 is 0 Å². The van der Waals surface area contributed by atoms with E-state index in [1.165, 1.54) is 116 Å². The first-order valence-electron chi connectivity index (χ1n) is 14.4. The normalized spacial score (nSPS) is 12.8. The van der Waals surface area contributed by atoms with E-state index in [1.54, 1.807) is 6.08 Å². The Labute approximate surface area is 204 Å². The van der Waals surface area contributed by atoms with Crippen molar-refractivity contribution in [2.45, 2.75) is 168 Å². The molecule has 0 aromatic rings. The zero-order valence-corrected chi connectivity index (χ0v) is 23.2. The Balaban J connectivity index is 0. The van der Waals surface area contributed by atoms with E-state index in [-0.39, 0.29) is 5.79 Å². The van der Waals surface area contributed by atoms with Crippen LogP contribution in [0.5, 0.6) is 0 Å². The fourth-order valence-electron chi connectivity index (χ4n) is 4.29. The van der Waals surface area contributed by atoms with E-state index < -0.39 is 0 Å². The lowest BCUT2D eigenvalue weighted by molar-refractivity contribution is -0.232. The van der Waals surface area contributed by atoms with Crippen molar-refractivity contribution < 1.29 is 9.47 Å². The first-order chi connectivity index (χ1) is 15.7.